The molecule has 0 aromatic rings. The lowest BCUT2D eigenvalue weighted by Crippen LogP contribution is -2.23. The van der Waals surface area contributed by atoms with E-state index < -0.39 is 0 Å². The van der Waals surface area contributed by atoms with Crippen LogP contribution in [0, 0.1) is 0 Å². The number of hydrogen-bond donors (Lipinski definition) is 0. The molecule has 140 valence electrons. The van der Waals surface area contributed by atoms with Gasteiger partial charge in [-0.15, -0.1) is 0 Å². The van der Waals surface area contributed by atoms with E-state index in [1.807, 2.05) is 27.7 Å². The quantitative estimate of drug-likeness (QED) is 0.276. The molecule has 0 saturated heterocycles. The maximum Gasteiger partial charge on any atom is 0.283 e. The average molecular weight is 449 g/mol. The minimum atomic E-state index is -0.0207. The van der Waals surface area contributed by atoms with Crippen LogP contribution in [0.1, 0.15) is 53.4 Å². The van der Waals surface area contributed by atoms with Gasteiger partial charge in [0.15, 0.2) is 0 Å². The Bertz CT molecular complexity index is 357. The molecule has 0 N–H and O–H groups in total. The van der Waals surface area contributed by atoms with Crippen molar-refractivity contribution in [3.05, 3.63) is 0 Å². The summed E-state index contributed by atoms with van der Waals surface area (Å²) in [4.78, 5) is 23.6. The molecule has 2 atom stereocenters. The zero-order valence-corrected chi connectivity index (χ0v) is 19.1. The van der Waals surface area contributed by atoms with Gasteiger partial charge in [0.05, 0.1) is 36.3 Å². The van der Waals surface area contributed by atoms with Gasteiger partial charge < -0.3 is 8.37 Å². The highest BCUT2D eigenvalue weighted by Gasteiger charge is 2.28. The first-order valence-corrected chi connectivity index (χ1v) is 13.7. The van der Waals surface area contributed by atoms with E-state index in [2.05, 4.69) is 0 Å². The third-order valence-electron chi connectivity index (χ3n) is 2.74. The van der Waals surface area contributed by atoms with Crippen LogP contribution in [0.4, 0.5) is 9.59 Å². The van der Waals surface area contributed by atoms with Gasteiger partial charge in [0, 0.05) is 10.5 Å². The van der Waals surface area contributed by atoms with E-state index in [4.69, 9.17) is 8.37 Å². The van der Waals surface area contributed by atoms with Crippen LogP contribution in [-0.4, -0.2) is 31.6 Å². The normalized spacial score (nSPS) is 21.4. The van der Waals surface area contributed by atoms with Crippen molar-refractivity contribution in [2.24, 2.45) is 0 Å². The summed E-state index contributed by atoms with van der Waals surface area (Å²) < 4.78 is 10.5. The van der Waals surface area contributed by atoms with E-state index in [1.54, 1.807) is 21.6 Å². The minimum absolute atomic E-state index is 0.0207. The summed E-state index contributed by atoms with van der Waals surface area (Å²) in [5.41, 5.74) is 0. The Morgan fingerprint density at radius 1 is 0.792 bits per heavy atom. The van der Waals surface area contributed by atoms with Crippen molar-refractivity contribution in [3.63, 3.8) is 0 Å². The highest BCUT2D eigenvalue weighted by Crippen LogP contribution is 2.47. The summed E-state index contributed by atoms with van der Waals surface area (Å²) >= 11 is 1.84. The van der Waals surface area contributed by atoms with Crippen LogP contribution in [0.3, 0.4) is 0 Å². The number of hydrogen-bond acceptors (Lipinski definition) is 10. The second-order valence-electron chi connectivity index (χ2n) is 5.68. The van der Waals surface area contributed by atoms with E-state index in [9.17, 15) is 9.59 Å². The van der Waals surface area contributed by atoms with Crippen molar-refractivity contribution in [3.8, 4) is 0 Å². The van der Waals surface area contributed by atoms with Crippen LogP contribution < -0.4 is 0 Å². The topological polar surface area (TPSA) is 52.6 Å². The molecule has 1 rings (SSSR count). The van der Waals surface area contributed by atoms with Crippen LogP contribution in [-0.2, 0) is 8.37 Å². The smallest absolute Gasteiger partial charge is 0.283 e. The zero-order chi connectivity index (χ0) is 17.9. The summed E-state index contributed by atoms with van der Waals surface area (Å²) in [5, 5.41) is 0.766. The Hall–Kier alpha value is 1.36. The number of rotatable bonds is 8. The average Bonchev–Trinajstić information content (AvgIpc) is 2.55. The Kier molecular flexibility index (Phi) is 13.2. The van der Waals surface area contributed by atoms with Gasteiger partial charge in [0.1, 0.15) is 0 Å². The molecule has 0 aromatic heterocycles. The van der Waals surface area contributed by atoms with E-state index in [-0.39, 0.29) is 21.1 Å². The lowest BCUT2D eigenvalue weighted by Gasteiger charge is -2.29. The van der Waals surface area contributed by atoms with Gasteiger partial charge in [-0.1, -0.05) is 34.4 Å². The first kappa shape index (κ1) is 23.4. The predicted octanol–water partition coefficient (Wildman–Crippen LogP) is 7.45. The molecule has 4 nitrogen and oxygen atoms in total. The molecule has 0 aromatic carbocycles. The number of carbonyl (C=O) groups excluding carboxylic acids is 2. The highest BCUT2D eigenvalue weighted by atomic mass is 33.1. The monoisotopic (exact) mass is 448 g/mol. The second kappa shape index (κ2) is 13.5. The molecule has 0 amide bonds. The summed E-state index contributed by atoms with van der Waals surface area (Å²) in [5.74, 6) is 0. The van der Waals surface area contributed by atoms with E-state index >= 15 is 0 Å². The summed E-state index contributed by atoms with van der Waals surface area (Å²) in [6.07, 6.45) is 4.61. The molecule has 0 radical (unpaired) electrons. The minimum Gasteiger partial charge on any atom is -0.305 e. The fourth-order valence-electron chi connectivity index (χ4n) is 1.78. The Morgan fingerprint density at radius 2 is 1.17 bits per heavy atom. The van der Waals surface area contributed by atoms with Gasteiger partial charge >= 0.3 is 0 Å². The maximum absolute atomic E-state index is 11.8. The van der Waals surface area contributed by atoms with Gasteiger partial charge in [-0.2, -0.15) is 0 Å². The van der Waals surface area contributed by atoms with Gasteiger partial charge in [-0.05, 0) is 62.1 Å². The highest BCUT2D eigenvalue weighted by molar-refractivity contribution is 8.87. The molecule has 0 spiro atoms. The van der Waals surface area contributed by atoms with Crippen LogP contribution in [0.25, 0.3) is 0 Å². The molecular weight excluding hydrogens is 425 g/mol. The van der Waals surface area contributed by atoms with Crippen molar-refractivity contribution >= 4 is 76.2 Å². The predicted molar refractivity (Wildman–Crippen MR) is 115 cm³/mol. The molecule has 2 unspecified atom stereocenters. The third-order valence-corrected chi connectivity index (χ3v) is 10.7. The molecule has 0 aliphatic heterocycles. The van der Waals surface area contributed by atoms with E-state index in [0.29, 0.717) is 10.5 Å². The lowest BCUT2D eigenvalue weighted by atomic mass is 10.00. The molecule has 0 bridgehead atoms. The standard InChI is InChI=1S/C14H24O4S6/c1-9(2)17-19-13(15)23-21-11-7-5-6-8-12(11)22-24-14(16)20-18-10(3)4/h9-12H,5-8H2,1-4H3. The van der Waals surface area contributed by atoms with Crippen molar-refractivity contribution < 1.29 is 18.0 Å². The van der Waals surface area contributed by atoms with Gasteiger partial charge in [0.25, 0.3) is 8.89 Å². The van der Waals surface area contributed by atoms with Crippen molar-refractivity contribution in [1.82, 2.24) is 0 Å². The Balaban J connectivity index is 2.31. The van der Waals surface area contributed by atoms with Crippen LogP contribution in [0.2, 0.25) is 0 Å². The molecule has 24 heavy (non-hydrogen) atoms. The number of carbonyl (C=O) groups is 2. The molecular formula is C14H24O4S6. The van der Waals surface area contributed by atoms with Gasteiger partial charge in [0.2, 0.25) is 0 Å². The molecule has 1 aliphatic rings. The Morgan fingerprint density at radius 3 is 1.50 bits per heavy atom. The maximum atomic E-state index is 11.8. The summed E-state index contributed by atoms with van der Waals surface area (Å²) in [7, 11) is 5.75. The zero-order valence-electron chi connectivity index (χ0n) is 14.2. The van der Waals surface area contributed by atoms with E-state index in [1.165, 1.54) is 34.4 Å². The third kappa shape index (κ3) is 11.2. The van der Waals surface area contributed by atoms with Crippen molar-refractivity contribution in [2.45, 2.75) is 76.1 Å². The first-order valence-electron chi connectivity index (χ1n) is 7.79. The lowest BCUT2D eigenvalue weighted by molar-refractivity contribution is 0.266. The van der Waals surface area contributed by atoms with Gasteiger partial charge in [-0.3, -0.25) is 9.59 Å². The van der Waals surface area contributed by atoms with Crippen LogP contribution in [0.15, 0.2) is 0 Å². The molecule has 1 fully saturated rings. The summed E-state index contributed by atoms with van der Waals surface area (Å²) in [6, 6.07) is 0. The molecule has 1 saturated carbocycles. The van der Waals surface area contributed by atoms with Gasteiger partial charge in [-0.25, -0.2) is 0 Å². The molecule has 1 aliphatic carbocycles. The SMILES string of the molecule is CC(C)OSC(=O)SSC1CCCCC1SSC(=O)SOC(C)C. The van der Waals surface area contributed by atoms with Crippen molar-refractivity contribution in [2.75, 3.05) is 0 Å². The largest absolute Gasteiger partial charge is 0.305 e. The molecule has 10 heteroatoms. The first-order chi connectivity index (χ1) is 11.4. The Labute approximate surface area is 169 Å². The fraction of sp³-hybridized carbons (Fsp3) is 0.857. The second-order valence-corrected chi connectivity index (χ2v) is 12.5. The summed E-state index contributed by atoms with van der Waals surface area (Å²) in [6.45, 7) is 7.62. The van der Waals surface area contributed by atoms with E-state index in [0.717, 1.165) is 36.9 Å². The fourth-order valence-corrected chi connectivity index (χ4v) is 8.79. The van der Waals surface area contributed by atoms with Crippen molar-refractivity contribution in [1.29, 1.82) is 0 Å². The van der Waals surface area contributed by atoms with Crippen LogP contribution in [0.5, 0.6) is 0 Å². The molecule has 0 heterocycles. The van der Waals surface area contributed by atoms with Crippen LogP contribution >= 0.6 is 67.3 Å².